The molecule has 4 rings (SSSR count). The number of carboxylic acids is 1. The molecule has 0 saturated carbocycles. The van der Waals surface area contributed by atoms with E-state index in [0.717, 1.165) is 10.4 Å². The maximum Gasteiger partial charge on any atom is 0.306 e. The lowest BCUT2D eigenvalue weighted by Gasteiger charge is -2.32. The third-order valence-corrected chi connectivity index (χ3v) is 5.38. The van der Waals surface area contributed by atoms with Crippen molar-refractivity contribution in [2.45, 2.75) is 31.7 Å². The first-order valence-corrected chi connectivity index (χ1v) is 9.15. The Balaban J connectivity index is 1.60. The highest BCUT2D eigenvalue weighted by atomic mass is 16.4. The van der Waals surface area contributed by atoms with Crippen LogP contribution in [0.1, 0.15) is 31.7 Å². The summed E-state index contributed by atoms with van der Waals surface area (Å²) >= 11 is 0. The van der Waals surface area contributed by atoms with Crippen molar-refractivity contribution in [3.05, 3.63) is 28.6 Å². The number of benzene rings is 1. The van der Waals surface area contributed by atoms with Crippen LogP contribution >= 0.6 is 0 Å². The van der Waals surface area contributed by atoms with Gasteiger partial charge in [0.05, 0.1) is 11.3 Å². The lowest BCUT2D eigenvalue weighted by molar-refractivity contribution is -0.142. The molecular weight excluding hydrogens is 366 g/mol. The molecule has 2 aliphatic heterocycles. The van der Waals surface area contributed by atoms with Crippen LogP contribution in [0.3, 0.4) is 0 Å². The van der Waals surface area contributed by atoms with E-state index in [1.165, 1.54) is 0 Å². The van der Waals surface area contributed by atoms with Crippen molar-refractivity contribution < 1.29 is 19.5 Å². The summed E-state index contributed by atoms with van der Waals surface area (Å²) in [4.78, 5) is 49.3. The first kappa shape index (κ1) is 18.1. The summed E-state index contributed by atoms with van der Waals surface area (Å²) in [6.45, 7) is 1.23. The second-order valence-corrected chi connectivity index (χ2v) is 7.11. The summed E-state index contributed by atoms with van der Waals surface area (Å²) in [6, 6.07) is 4.34. The number of carbonyl (C=O) groups is 3. The molecule has 0 spiro atoms. The standard InChI is InChI=1S/C18H19N5O5/c24-15-4-3-14(16(25)19-15)23-17(26)12-2-1-11(9-13(12)20-21-23)22-7-5-10(6-8-22)18(27)28/h1-2,9-10,14H,3-8H2,(H,27,28)(H,19,24,25). The highest BCUT2D eigenvalue weighted by Gasteiger charge is 2.30. The summed E-state index contributed by atoms with van der Waals surface area (Å²) in [7, 11) is 0. The Bertz CT molecular complexity index is 1020. The first-order chi connectivity index (χ1) is 13.4. The quantitative estimate of drug-likeness (QED) is 0.709. The zero-order valence-electron chi connectivity index (χ0n) is 15.0. The van der Waals surface area contributed by atoms with Gasteiger partial charge in [0.1, 0.15) is 11.6 Å². The molecule has 2 fully saturated rings. The van der Waals surface area contributed by atoms with Gasteiger partial charge in [0.25, 0.3) is 11.5 Å². The number of hydrogen-bond acceptors (Lipinski definition) is 7. The summed E-state index contributed by atoms with van der Waals surface area (Å²) < 4.78 is 1.03. The Morgan fingerprint density at radius 3 is 2.57 bits per heavy atom. The second-order valence-electron chi connectivity index (χ2n) is 7.11. The number of nitrogens with zero attached hydrogens (tertiary/aromatic N) is 4. The Labute approximate surface area is 159 Å². The topological polar surface area (TPSA) is 134 Å². The van der Waals surface area contributed by atoms with Crippen LogP contribution in [0.5, 0.6) is 0 Å². The van der Waals surface area contributed by atoms with Gasteiger partial charge in [-0.05, 0) is 37.5 Å². The molecular formula is C18H19N5O5. The third-order valence-electron chi connectivity index (χ3n) is 5.38. The molecule has 1 unspecified atom stereocenters. The molecule has 2 aliphatic rings. The van der Waals surface area contributed by atoms with Gasteiger partial charge in [-0.1, -0.05) is 5.21 Å². The molecule has 2 N–H and O–H groups in total. The number of anilines is 1. The number of carbonyl (C=O) groups excluding carboxylic acids is 2. The number of imide groups is 1. The molecule has 10 nitrogen and oxygen atoms in total. The molecule has 0 aliphatic carbocycles. The summed E-state index contributed by atoms with van der Waals surface area (Å²) in [5, 5.41) is 19.7. The lowest BCUT2D eigenvalue weighted by atomic mass is 9.96. The van der Waals surface area contributed by atoms with E-state index >= 15 is 0 Å². The van der Waals surface area contributed by atoms with Gasteiger partial charge >= 0.3 is 5.97 Å². The maximum absolute atomic E-state index is 12.8. The van der Waals surface area contributed by atoms with E-state index < -0.39 is 23.5 Å². The van der Waals surface area contributed by atoms with Crippen molar-refractivity contribution in [1.82, 2.24) is 20.3 Å². The van der Waals surface area contributed by atoms with E-state index in [9.17, 15) is 19.2 Å². The molecule has 0 radical (unpaired) electrons. The zero-order valence-corrected chi connectivity index (χ0v) is 15.0. The van der Waals surface area contributed by atoms with Crippen LogP contribution in [0.4, 0.5) is 5.69 Å². The van der Waals surface area contributed by atoms with Crippen molar-refractivity contribution in [2.24, 2.45) is 5.92 Å². The summed E-state index contributed by atoms with van der Waals surface area (Å²) in [5.74, 6) is -2.00. The van der Waals surface area contributed by atoms with Crippen molar-refractivity contribution in [2.75, 3.05) is 18.0 Å². The summed E-state index contributed by atoms with van der Waals surface area (Å²) in [5.41, 5.74) is 0.825. The van der Waals surface area contributed by atoms with Crippen LogP contribution in [0.2, 0.25) is 0 Å². The van der Waals surface area contributed by atoms with Crippen molar-refractivity contribution in [3.8, 4) is 0 Å². The molecule has 0 bridgehead atoms. The number of nitrogens with one attached hydrogen (secondary N) is 1. The first-order valence-electron chi connectivity index (χ1n) is 9.15. The van der Waals surface area contributed by atoms with Gasteiger partial charge in [-0.25, -0.2) is 0 Å². The highest BCUT2D eigenvalue weighted by Crippen LogP contribution is 2.25. The van der Waals surface area contributed by atoms with Gasteiger partial charge in [-0.15, -0.1) is 5.10 Å². The highest BCUT2D eigenvalue weighted by molar-refractivity contribution is 5.99. The minimum absolute atomic E-state index is 0.147. The van der Waals surface area contributed by atoms with Gasteiger partial charge in [-0.3, -0.25) is 24.5 Å². The second kappa shape index (κ2) is 7.02. The Kier molecular flexibility index (Phi) is 4.54. The summed E-state index contributed by atoms with van der Waals surface area (Å²) in [6.07, 6.45) is 1.49. The van der Waals surface area contributed by atoms with E-state index in [-0.39, 0.29) is 24.7 Å². The van der Waals surface area contributed by atoms with Crippen LogP contribution in [0, 0.1) is 5.92 Å². The average molecular weight is 385 g/mol. The molecule has 1 atom stereocenters. The molecule has 10 heteroatoms. The normalized spacial score (nSPS) is 21.0. The number of hydrogen-bond donors (Lipinski definition) is 2. The molecule has 2 amide bonds. The van der Waals surface area contributed by atoms with E-state index in [0.29, 0.717) is 36.8 Å². The number of fused-ring (bicyclic) bond motifs is 1. The molecule has 2 aromatic rings. The van der Waals surface area contributed by atoms with Crippen LogP contribution in [0.25, 0.3) is 10.9 Å². The minimum Gasteiger partial charge on any atom is -0.481 e. The fraction of sp³-hybridized carbons (Fsp3) is 0.444. The predicted molar refractivity (Wildman–Crippen MR) is 97.8 cm³/mol. The third kappa shape index (κ3) is 3.21. The lowest BCUT2D eigenvalue weighted by Crippen LogP contribution is -2.45. The number of piperidine rings is 2. The number of amides is 2. The largest absolute Gasteiger partial charge is 0.481 e. The van der Waals surface area contributed by atoms with Crippen LogP contribution in [-0.2, 0) is 14.4 Å². The predicted octanol–water partition coefficient (Wildman–Crippen LogP) is 0.0702. The van der Waals surface area contributed by atoms with E-state index in [1.54, 1.807) is 18.2 Å². The fourth-order valence-electron chi connectivity index (χ4n) is 3.74. The molecule has 28 heavy (non-hydrogen) atoms. The average Bonchev–Trinajstić information content (AvgIpc) is 2.69. The molecule has 3 heterocycles. The Morgan fingerprint density at radius 2 is 1.89 bits per heavy atom. The smallest absolute Gasteiger partial charge is 0.306 e. The molecule has 2 saturated heterocycles. The number of rotatable bonds is 3. The van der Waals surface area contributed by atoms with Crippen LogP contribution in [-0.4, -0.2) is 51.0 Å². The molecule has 146 valence electrons. The molecule has 1 aromatic carbocycles. The fourth-order valence-corrected chi connectivity index (χ4v) is 3.74. The minimum atomic E-state index is -0.850. The van der Waals surface area contributed by atoms with Gasteiger partial charge in [0.2, 0.25) is 5.91 Å². The van der Waals surface area contributed by atoms with E-state index in [2.05, 4.69) is 20.5 Å². The van der Waals surface area contributed by atoms with Crippen molar-refractivity contribution >= 4 is 34.4 Å². The Morgan fingerprint density at radius 1 is 1.14 bits per heavy atom. The molecule has 1 aromatic heterocycles. The van der Waals surface area contributed by atoms with E-state index in [1.807, 2.05) is 0 Å². The van der Waals surface area contributed by atoms with Gasteiger partial charge in [0, 0.05) is 25.2 Å². The number of aromatic nitrogens is 3. The van der Waals surface area contributed by atoms with E-state index in [4.69, 9.17) is 5.11 Å². The zero-order chi connectivity index (χ0) is 19.8. The number of carboxylic acid groups (broad SMARTS) is 1. The van der Waals surface area contributed by atoms with Gasteiger partial charge in [0.15, 0.2) is 0 Å². The van der Waals surface area contributed by atoms with Crippen LogP contribution in [0.15, 0.2) is 23.0 Å². The maximum atomic E-state index is 12.8. The van der Waals surface area contributed by atoms with Crippen molar-refractivity contribution in [1.29, 1.82) is 0 Å². The van der Waals surface area contributed by atoms with Crippen molar-refractivity contribution in [3.63, 3.8) is 0 Å². The van der Waals surface area contributed by atoms with Gasteiger partial charge < -0.3 is 10.0 Å². The van der Waals surface area contributed by atoms with Crippen LogP contribution < -0.4 is 15.8 Å². The number of aliphatic carboxylic acids is 1. The monoisotopic (exact) mass is 385 g/mol. The SMILES string of the molecule is O=C1CCC(n2nnc3cc(N4CCC(C(=O)O)CC4)ccc3c2=O)C(=O)N1. The van der Waals surface area contributed by atoms with Gasteiger partial charge in [-0.2, -0.15) is 4.68 Å². The Hall–Kier alpha value is -3.30.